The Morgan fingerprint density at radius 2 is 1.78 bits per heavy atom. The van der Waals surface area contributed by atoms with Gasteiger partial charge >= 0.3 is 0 Å². The van der Waals surface area contributed by atoms with Gasteiger partial charge in [0.05, 0.1) is 12.6 Å². The molecule has 3 aliphatic rings. The Morgan fingerprint density at radius 3 is 2.39 bits per heavy atom. The van der Waals surface area contributed by atoms with Crippen LogP contribution >= 0.6 is 0 Å². The fourth-order valence-corrected chi connectivity index (χ4v) is 4.83. The predicted octanol–water partition coefficient (Wildman–Crippen LogP) is 3.02. The van der Waals surface area contributed by atoms with Crippen LogP contribution in [0.1, 0.15) is 65.2 Å². The highest BCUT2D eigenvalue weighted by atomic mass is 16.3. The molecular formula is C19H35N3O. The molecule has 0 amide bonds. The van der Waals surface area contributed by atoms with Gasteiger partial charge in [0.25, 0.3) is 0 Å². The number of guanidine groups is 1. The zero-order valence-corrected chi connectivity index (χ0v) is 15.1. The topological polar surface area (TPSA) is 47.9 Å². The Balaban J connectivity index is 1.66. The molecule has 0 aromatic heterocycles. The van der Waals surface area contributed by atoms with Gasteiger partial charge in [0.15, 0.2) is 5.96 Å². The van der Waals surface area contributed by atoms with Crippen molar-refractivity contribution in [3.63, 3.8) is 0 Å². The molecule has 0 bridgehead atoms. The van der Waals surface area contributed by atoms with Crippen LogP contribution in [0.25, 0.3) is 0 Å². The van der Waals surface area contributed by atoms with Crippen LogP contribution in [0.2, 0.25) is 0 Å². The highest BCUT2D eigenvalue weighted by Crippen LogP contribution is 2.38. The third kappa shape index (κ3) is 3.84. The zero-order valence-electron chi connectivity index (χ0n) is 15.1. The number of hydrogen-bond acceptors (Lipinski definition) is 2. The van der Waals surface area contributed by atoms with Crippen LogP contribution in [-0.2, 0) is 0 Å². The van der Waals surface area contributed by atoms with Crippen LogP contribution in [0.15, 0.2) is 4.99 Å². The number of aliphatic hydroxyl groups excluding tert-OH is 1. The first-order valence-electron chi connectivity index (χ1n) is 9.84. The minimum atomic E-state index is -0.191. The molecule has 4 atom stereocenters. The van der Waals surface area contributed by atoms with Gasteiger partial charge < -0.3 is 15.3 Å². The van der Waals surface area contributed by atoms with Gasteiger partial charge in [-0.3, -0.25) is 4.99 Å². The van der Waals surface area contributed by atoms with Gasteiger partial charge in [-0.2, -0.15) is 0 Å². The molecule has 0 spiro atoms. The van der Waals surface area contributed by atoms with Crippen molar-refractivity contribution in [3.8, 4) is 0 Å². The Morgan fingerprint density at radius 1 is 1.13 bits per heavy atom. The maximum absolute atomic E-state index is 10.4. The van der Waals surface area contributed by atoms with Crippen molar-refractivity contribution in [3.05, 3.63) is 0 Å². The van der Waals surface area contributed by atoms with Gasteiger partial charge in [0.2, 0.25) is 0 Å². The van der Waals surface area contributed by atoms with E-state index in [0.29, 0.717) is 0 Å². The number of aliphatic hydroxyl groups is 1. The molecule has 132 valence electrons. The molecule has 0 aromatic carbocycles. The Labute approximate surface area is 141 Å². The second-order valence-electron chi connectivity index (χ2n) is 8.30. The van der Waals surface area contributed by atoms with Crippen molar-refractivity contribution in [2.45, 2.75) is 71.3 Å². The first-order valence-corrected chi connectivity index (χ1v) is 9.84. The highest BCUT2D eigenvalue weighted by molar-refractivity contribution is 5.80. The second-order valence-corrected chi connectivity index (χ2v) is 8.30. The fourth-order valence-electron chi connectivity index (χ4n) is 4.83. The van der Waals surface area contributed by atoms with E-state index in [2.05, 4.69) is 24.1 Å². The van der Waals surface area contributed by atoms with E-state index >= 15 is 0 Å². The molecule has 23 heavy (non-hydrogen) atoms. The lowest BCUT2D eigenvalue weighted by Crippen LogP contribution is -2.43. The number of likely N-dealkylation sites (tertiary alicyclic amines) is 1. The van der Waals surface area contributed by atoms with Crippen molar-refractivity contribution in [1.82, 2.24) is 10.2 Å². The summed E-state index contributed by atoms with van der Waals surface area (Å²) in [6.07, 6.45) is 9.86. The molecule has 2 saturated carbocycles. The molecule has 2 N–H and O–H groups in total. The van der Waals surface area contributed by atoms with Crippen molar-refractivity contribution in [2.24, 2.45) is 22.2 Å². The fraction of sp³-hybridized carbons (Fsp3) is 0.947. The minimum absolute atomic E-state index is 0.0363. The van der Waals surface area contributed by atoms with E-state index in [0.717, 1.165) is 50.1 Å². The van der Waals surface area contributed by atoms with E-state index in [4.69, 9.17) is 4.99 Å². The lowest BCUT2D eigenvalue weighted by molar-refractivity contribution is 0.00705. The largest absolute Gasteiger partial charge is 0.392 e. The average molecular weight is 322 g/mol. The summed E-state index contributed by atoms with van der Waals surface area (Å²) < 4.78 is 0. The summed E-state index contributed by atoms with van der Waals surface area (Å²) in [4.78, 5) is 7.46. The molecule has 4 nitrogen and oxygen atoms in total. The standard InChI is InChI=1S/C19H35N3O/c1-3-20-18(21-14-19(2)11-7-6-10-17(19)23)22-12-15-8-4-5-9-16(15)13-22/h15-17,23H,3-14H2,1-2H3,(H,20,21). The number of hydrogen-bond donors (Lipinski definition) is 2. The van der Waals surface area contributed by atoms with Gasteiger partial charge in [-0.25, -0.2) is 0 Å². The molecule has 0 radical (unpaired) electrons. The van der Waals surface area contributed by atoms with Gasteiger partial charge in [-0.15, -0.1) is 0 Å². The summed E-state index contributed by atoms with van der Waals surface area (Å²) >= 11 is 0. The van der Waals surface area contributed by atoms with Gasteiger partial charge in [-0.05, 0) is 44.4 Å². The lowest BCUT2D eigenvalue weighted by atomic mass is 9.73. The van der Waals surface area contributed by atoms with Gasteiger partial charge in [0.1, 0.15) is 0 Å². The number of nitrogens with one attached hydrogen (secondary N) is 1. The monoisotopic (exact) mass is 321 g/mol. The smallest absolute Gasteiger partial charge is 0.193 e. The van der Waals surface area contributed by atoms with Crippen LogP contribution in [0.5, 0.6) is 0 Å². The van der Waals surface area contributed by atoms with Gasteiger partial charge in [0, 0.05) is 25.0 Å². The lowest BCUT2D eigenvalue weighted by Gasteiger charge is -2.37. The predicted molar refractivity (Wildman–Crippen MR) is 95.6 cm³/mol. The van der Waals surface area contributed by atoms with Crippen LogP contribution in [-0.4, -0.2) is 48.2 Å². The third-order valence-corrected chi connectivity index (χ3v) is 6.48. The quantitative estimate of drug-likeness (QED) is 0.620. The van der Waals surface area contributed by atoms with Crippen molar-refractivity contribution < 1.29 is 5.11 Å². The Kier molecular flexibility index (Phi) is 5.50. The first-order chi connectivity index (χ1) is 11.1. The summed E-state index contributed by atoms with van der Waals surface area (Å²) in [5.74, 6) is 2.84. The summed E-state index contributed by atoms with van der Waals surface area (Å²) in [5.41, 5.74) is -0.0363. The number of fused-ring (bicyclic) bond motifs is 1. The molecule has 4 heteroatoms. The van der Waals surface area contributed by atoms with Crippen LogP contribution in [0.4, 0.5) is 0 Å². The zero-order chi connectivity index (χ0) is 16.3. The molecule has 0 aromatic rings. The average Bonchev–Trinajstić information content (AvgIpc) is 2.98. The van der Waals surface area contributed by atoms with Gasteiger partial charge in [-0.1, -0.05) is 32.6 Å². The first kappa shape index (κ1) is 17.1. The summed E-state index contributed by atoms with van der Waals surface area (Å²) in [7, 11) is 0. The molecule has 4 unspecified atom stereocenters. The van der Waals surface area contributed by atoms with Crippen molar-refractivity contribution in [1.29, 1.82) is 0 Å². The van der Waals surface area contributed by atoms with Crippen LogP contribution in [0.3, 0.4) is 0 Å². The van der Waals surface area contributed by atoms with Crippen LogP contribution in [0, 0.1) is 17.3 Å². The summed E-state index contributed by atoms with van der Waals surface area (Å²) in [6.45, 7) is 8.39. The van der Waals surface area contributed by atoms with Crippen molar-refractivity contribution in [2.75, 3.05) is 26.2 Å². The summed E-state index contributed by atoms with van der Waals surface area (Å²) in [5, 5.41) is 13.9. The maximum atomic E-state index is 10.4. The van der Waals surface area contributed by atoms with E-state index < -0.39 is 0 Å². The molecular weight excluding hydrogens is 286 g/mol. The molecule has 3 fully saturated rings. The molecule has 2 aliphatic carbocycles. The highest BCUT2D eigenvalue weighted by Gasteiger charge is 2.37. The second kappa shape index (κ2) is 7.42. The summed E-state index contributed by atoms with van der Waals surface area (Å²) in [6, 6.07) is 0. The number of aliphatic imine (C=N–C) groups is 1. The van der Waals surface area contributed by atoms with Crippen molar-refractivity contribution >= 4 is 5.96 Å². The molecule has 3 rings (SSSR count). The van der Waals surface area contributed by atoms with E-state index in [9.17, 15) is 5.11 Å². The molecule has 1 saturated heterocycles. The molecule has 1 heterocycles. The third-order valence-electron chi connectivity index (χ3n) is 6.48. The van der Waals surface area contributed by atoms with E-state index in [1.54, 1.807) is 0 Å². The van der Waals surface area contributed by atoms with E-state index in [-0.39, 0.29) is 11.5 Å². The van der Waals surface area contributed by atoms with E-state index in [1.165, 1.54) is 45.2 Å². The maximum Gasteiger partial charge on any atom is 0.193 e. The molecule has 1 aliphatic heterocycles. The minimum Gasteiger partial charge on any atom is -0.392 e. The SMILES string of the molecule is CCNC(=NCC1(C)CCCCC1O)N1CC2CCCCC2C1. The van der Waals surface area contributed by atoms with E-state index in [1.807, 2.05) is 0 Å². The Hall–Kier alpha value is -0.770. The number of nitrogens with zero attached hydrogens (tertiary/aromatic N) is 2. The number of rotatable bonds is 3. The van der Waals surface area contributed by atoms with Crippen LogP contribution < -0.4 is 5.32 Å². The Bertz CT molecular complexity index is 411. The normalized spacial score (nSPS) is 38.5.